The first-order valence-electron chi connectivity index (χ1n) is 2.41. The van der Waals surface area contributed by atoms with Gasteiger partial charge in [-0.15, -0.1) is 37.2 Å². The van der Waals surface area contributed by atoms with E-state index >= 15 is 0 Å². The van der Waals surface area contributed by atoms with Crippen molar-refractivity contribution >= 4 is 59.9 Å². The van der Waals surface area contributed by atoms with Gasteiger partial charge in [-0.3, -0.25) is 0 Å². The van der Waals surface area contributed by atoms with Crippen molar-refractivity contribution in [1.82, 2.24) is 0 Å². The molecule has 0 nitrogen and oxygen atoms in total. The Morgan fingerprint density at radius 3 is 1.40 bits per heavy atom. The minimum absolute atomic E-state index is 0. The molecule has 0 saturated carbocycles. The summed E-state index contributed by atoms with van der Waals surface area (Å²) in [6.45, 7) is 0. The van der Waals surface area contributed by atoms with Crippen LogP contribution in [0.1, 0.15) is 0 Å². The van der Waals surface area contributed by atoms with Gasteiger partial charge in [-0.05, 0) is 0 Å². The first-order chi connectivity index (χ1) is 3.39. The fourth-order valence-electron chi connectivity index (χ4n) is 0.534. The second-order valence-electron chi connectivity index (χ2n) is 1.65. The van der Waals surface area contributed by atoms with Crippen molar-refractivity contribution in [2.75, 3.05) is 0 Å². The summed E-state index contributed by atoms with van der Waals surface area (Å²) in [5, 5.41) is 0. The van der Waals surface area contributed by atoms with E-state index in [1.807, 2.05) is 0 Å². The molecular weight excluding hydrogens is 248 g/mol. The second kappa shape index (κ2) is 9.73. The summed E-state index contributed by atoms with van der Waals surface area (Å²) in [5.74, 6) is 0. The van der Waals surface area contributed by atoms with Crippen molar-refractivity contribution < 1.29 is 0 Å². The van der Waals surface area contributed by atoms with E-state index in [-0.39, 0.29) is 37.2 Å². The van der Waals surface area contributed by atoms with Crippen molar-refractivity contribution in [2.24, 2.45) is 0 Å². The molecule has 4 heteroatoms. The predicted molar refractivity (Wildman–Crippen MR) is 56.4 cm³/mol. The van der Waals surface area contributed by atoms with Gasteiger partial charge in [0.1, 0.15) is 0 Å². The van der Waals surface area contributed by atoms with Gasteiger partial charge in [0, 0.05) is 0 Å². The summed E-state index contributed by atoms with van der Waals surface area (Å²) in [4.78, 5) is 0. The third kappa shape index (κ3) is 6.84. The molecule has 0 aromatic heterocycles. The van der Waals surface area contributed by atoms with Gasteiger partial charge in [-0.25, -0.2) is 0 Å². The fourth-order valence-corrected chi connectivity index (χ4v) is 1.34. The molecule has 0 heterocycles. The van der Waals surface area contributed by atoms with Crippen molar-refractivity contribution in [3.8, 4) is 0 Å². The van der Waals surface area contributed by atoms with Gasteiger partial charge in [0.2, 0.25) is 0 Å². The van der Waals surface area contributed by atoms with Crippen LogP contribution < -0.4 is 4.12 Å². The zero-order chi connectivity index (χ0) is 5.11. The Labute approximate surface area is 89.9 Å². The molecule has 0 atom stereocenters. The van der Waals surface area contributed by atoms with E-state index in [0.29, 0.717) is 0 Å². The molecular formula is C6H10Cl3Ga. The molecule has 0 fully saturated rings. The molecule has 1 aromatic carbocycles. The van der Waals surface area contributed by atoms with E-state index in [4.69, 9.17) is 0 Å². The van der Waals surface area contributed by atoms with Crippen LogP contribution in [0, 0.1) is 0 Å². The van der Waals surface area contributed by atoms with Crippen LogP contribution in [-0.2, 0) is 0 Å². The monoisotopic (exact) mass is 256 g/mol. The van der Waals surface area contributed by atoms with Gasteiger partial charge < -0.3 is 0 Å². The van der Waals surface area contributed by atoms with Crippen LogP contribution in [0.2, 0.25) is 0 Å². The third-order valence-electron chi connectivity index (χ3n) is 0.940. The quantitative estimate of drug-likeness (QED) is 0.614. The first-order valence-corrected chi connectivity index (χ1v) is 4.51. The molecule has 0 spiro atoms. The molecule has 0 unspecified atom stereocenters. The Balaban J connectivity index is -0.000000163. The van der Waals surface area contributed by atoms with Crippen LogP contribution in [0.25, 0.3) is 0 Å². The third-order valence-corrected chi connectivity index (χ3v) is 2.34. The van der Waals surface area contributed by atoms with Gasteiger partial charge in [0.15, 0.2) is 0 Å². The standard InChI is InChI=1S/C6H5.3ClH.Ga.2H/c1-2-4-6-5-3-1;;;;;;/h1-5H;3*1H;;;. The van der Waals surface area contributed by atoms with Crippen molar-refractivity contribution in [3.05, 3.63) is 30.3 Å². The van der Waals surface area contributed by atoms with Gasteiger partial charge in [-0.1, -0.05) is 0 Å². The first kappa shape index (κ1) is 17.0. The van der Waals surface area contributed by atoms with Crippen LogP contribution in [0.5, 0.6) is 0 Å². The summed E-state index contributed by atoms with van der Waals surface area (Å²) in [7, 11) is 0. The summed E-state index contributed by atoms with van der Waals surface area (Å²) < 4.78 is 1.51. The zero-order valence-electron chi connectivity index (χ0n) is 5.61. The number of hydrogen-bond acceptors (Lipinski definition) is 0. The molecule has 10 heavy (non-hydrogen) atoms. The Morgan fingerprint density at radius 1 is 0.800 bits per heavy atom. The van der Waals surface area contributed by atoms with Crippen LogP contribution >= 0.6 is 37.2 Å². The second-order valence-corrected chi connectivity index (χ2v) is 4.08. The molecule has 1 rings (SSSR count). The molecule has 1 aromatic rings. The van der Waals surface area contributed by atoms with E-state index in [2.05, 4.69) is 30.3 Å². The number of halogens is 3. The van der Waals surface area contributed by atoms with Gasteiger partial charge in [0.05, 0.1) is 0 Å². The van der Waals surface area contributed by atoms with E-state index < -0.39 is 0 Å². The molecule has 0 bridgehead atoms. The van der Waals surface area contributed by atoms with Crippen LogP contribution in [-0.4, -0.2) is 18.6 Å². The molecule has 0 aliphatic rings. The predicted octanol–water partition coefficient (Wildman–Crippen LogP) is 1.21. The molecule has 0 amide bonds. The van der Waals surface area contributed by atoms with Crippen molar-refractivity contribution in [3.63, 3.8) is 0 Å². The Kier molecular flexibility index (Phi) is 16.5. The maximum atomic E-state index is 2.17. The van der Waals surface area contributed by atoms with E-state index in [1.54, 1.807) is 0 Å². The maximum absolute atomic E-state index is 2.17. The molecule has 58 valence electrons. The van der Waals surface area contributed by atoms with E-state index in [9.17, 15) is 0 Å². The van der Waals surface area contributed by atoms with Crippen molar-refractivity contribution in [2.45, 2.75) is 0 Å². The van der Waals surface area contributed by atoms with Crippen molar-refractivity contribution in [1.29, 1.82) is 0 Å². The Hall–Kier alpha value is 0.726. The van der Waals surface area contributed by atoms with Crippen LogP contribution in [0.3, 0.4) is 0 Å². The molecule has 0 saturated heterocycles. The average molecular weight is 258 g/mol. The topological polar surface area (TPSA) is 0 Å². The summed E-state index contributed by atoms with van der Waals surface area (Å²) in [5.41, 5.74) is 0. The number of hydrogen-bond donors (Lipinski definition) is 0. The summed E-state index contributed by atoms with van der Waals surface area (Å²) in [6.07, 6.45) is 0. The normalized spacial score (nSPS) is 6.00. The van der Waals surface area contributed by atoms with Gasteiger partial charge in [0.25, 0.3) is 0 Å². The molecule has 0 N–H and O–H groups in total. The van der Waals surface area contributed by atoms with Gasteiger partial charge >= 0.3 is 53.0 Å². The van der Waals surface area contributed by atoms with Crippen LogP contribution in [0.15, 0.2) is 30.3 Å². The SMILES string of the molecule is Cl.Cl.Cl.[GaH2][c]1ccccc1. The minimum atomic E-state index is 0. The average Bonchev–Trinajstić information content (AvgIpc) is 1.69. The van der Waals surface area contributed by atoms with Crippen LogP contribution in [0.4, 0.5) is 0 Å². The molecule has 0 aliphatic heterocycles. The van der Waals surface area contributed by atoms with Gasteiger partial charge in [-0.2, -0.15) is 0 Å². The zero-order valence-corrected chi connectivity index (χ0v) is 12.3. The molecule has 0 radical (unpaired) electrons. The number of rotatable bonds is 0. The summed E-state index contributed by atoms with van der Waals surface area (Å²) >= 11 is 0.855. The molecule has 0 aliphatic carbocycles. The van der Waals surface area contributed by atoms with E-state index in [0.717, 1.165) is 18.6 Å². The number of benzene rings is 1. The summed E-state index contributed by atoms with van der Waals surface area (Å²) in [6, 6.07) is 10.6. The Morgan fingerprint density at radius 2 is 1.20 bits per heavy atom. The fraction of sp³-hybridized carbons (Fsp3) is 0. The Bertz CT molecular complexity index is 143. The van der Waals surface area contributed by atoms with E-state index in [1.165, 1.54) is 4.12 Å².